The maximum atomic E-state index is 12.7. The Morgan fingerprint density at radius 1 is 0.738 bits per heavy atom. The van der Waals surface area contributed by atoms with Gasteiger partial charge in [0.1, 0.15) is 5.75 Å². The number of carbonyl (C=O) groups excluding carboxylic acids is 3. The van der Waals surface area contributed by atoms with E-state index < -0.39 is 6.17 Å². The van der Waals surface area contributed by atoms with Gasteiger partial charge >= 0.3 is 0 Å². The van der Waals surface area contributed by atoms with E-state index in [0.717, 1.165) is 18.5 Å². The Morgan fingerprint density at radius 2 is 1.38 bits per heavy atom. The molecule has 2 aromatic carbocycles. The minimum Gasteiger partial charge on any atom is -0.494 e. The molecule has 0 saturated heterocycles. The highest BCUT2D eigenvalue weighted by Crippen LogP contribution is 2.17. The fourth-order valence-corrected chi connectivity index (χ4v) is 4.61. The third-order valence-electron chi connectivity index (χ3n) is 7.00. The molecule has 3 amide bonds. The van der Waals surface area contributed by atoms with Gasteiger partial charge in [0.05, 0.1) is 6.61 Å². The molecule has 0 bridgehead atoms. The highest BCUT2D eigenvalue weighted by molar-refractivity contribution is 5.88. The van der Waals surface area contributed by atoms with Gasteiger partial charge in [0.2, 0.25) is 11.8 Å². The van der Waals surface area contributed by atoms with Gasteiger partial charge in [-0.15, -0.1) is 0 Å². The van der Waals surface area contributed by atoms with Crippen LogP contribution in [-0.2, 0) is 20.8 Å². The third-order valence-corrected chi connectivity index (χ3v) is 7.00. The molecule has 0 spiro atoms. The number of benzene rings is 2. The first kappa shape index (κ1) is 34.7. The molecular formula is C34H52N4O4. The summed E-state index contributed by atoms with van der Waals surface area (Å²) in [5.41, 5.74) is 1.80. The Labute approximate surface area is 252 Å². The molecule has 0 aliphatic rings. The second-order valence-corrected chi connectivity index (χ2v) is 10.8. The lowest BCUT2D eigenvalue weighted by Gasteiger charge is -2.20. The van der Waals surface area contributed by atoms with E-state index in [1.54, 1.807) is 24.3 Å². The average molecular weight is 581 g/mol. The van der Waals surface area contributed by atoms with Crippen LogP contribution >= 0.6 is 0 Å². The molecule has 0 fully saturated rings. The summed E-state index contributed by atoms with van der Waals surface area (Å²) in [5.74, 6) is 0.126. The lowest BCUT2D eigenvalue weighted by atomic mass is 10.1. The molecule has 1 atom stereocenters. The highest BCUT2D eigenvalue weighted by atomic mass is 16.5. The van der Waals surface area contributed by atoms with Crippen LogP contribution in [0.5, 0.6) is 5.75 Å². The Hall–Kier alpha value is -3.55. The smallest absolute Gasteiger partial charge is 0.263 e. The maximum absolute atomic E-state index is 12.7. The molecule has 2 rings (SSSR count). The number of rotatable bonds is 23. The molecule has 232 valence electrons. The summed E-state index contributed by atoms with van der Waals surface area (Å²) < 4.78 is 5.78. The van der Waals surface area contributed by atoms with Crippen LogP contribution in [0.4, 0.5) is 5.69 Å². The molecule has 1 unspecified atom stereocenters. The first-order valence-electron chi connectivity index (χ1n) is 15.8. The van der Waals surface area contributed by atoms with Crippen molar-refractivity contribution >= 4 is 23.4 Å². The van der Waals surface area contributed by atoms with Crippen LogP contribution in [0.15, 0.2) is 54.6 Å². The van der Waals surface area contributed by atoms with Gasteiger partial charge in [-0.05, 0) is 49.1 Å². The number of amides is 3. The van der Waals surface area contributed by atoms with Gasteiger partial charge in [0.25, 0.3) is 5.91 Å². The summed E-state index contributed by atoms with van der Waals surface area (Å²) in [6.07, 6.45) is 13.7. The number of anilines is 1. The van der Waals surface area contributed by atoms with Crippen molar-refractivity contribution in [3.05, 3.63) is 60.2 Å². The molecule has 8 nitrogen and oxygen atoms in total. The van der Waals surface area contributed by atoms with E-state index in [-0.39, 0.29) is 17.7 Å². The van der Waals surface area contributed by atoms with Crippen molar-refractivity contribution < 1.29 is 19.1 Å². The molecule has 4 N–H and O–H groups in total. The molecule has 0 aliphatic heterocycles. The Bertz CT molecular complexity index is 1010. The predicted molar refractivity (Wildman–Crippen MR) is 170 cm³/mol. The van der Waals surface area contributed by atoms with E-state index in [1.165, 1.54) is 64.7 Å². The standard InChI is InChI=1S/C34H52N4O4/c1-3-4-5-6-7-8-9-10-11-15-25-35-32(40)19-16-27-42-31-22-20-30(21-23-31)38-33(37-28(2)39)34(41)36-26-24-29-17-13-12-14-18-29/h12-14,17-18,20-23,33,38H,3-11,15-16,19,24-27H2,1-2H3,(H,35,40)(H,36,41)(H,37,39). The number of unbranched alkanes of at least 4 members (excludes halogenated alkanes) is 9. The van der Waals surface area contributed by atoms with Crippen LogP contribution in [0, 0.1) is 0 Å². The minimum absolute atomic E-state index is 0.0696. The summed E-state index contributed by atoms with van der Waals surface area (Å²) in [4.78, 5) is 36.5. The van der Waals surface area contributed by atoms with Gasteiger partial charge in [-0.25, -0.2) is 0 Å². The largest absolute Gasteiger partial charge is 0.494 e. The molecule has 0 aromatic heterocycles. The van der Waals surface area contributed by atoms with Crippen molar-refractivity contribution in [3.8, 4) is 5.75 Å². The van der Waals surface area contributed by atoms with E-state index in [2.05, 4.69) is 28.2 Å². The number of nitrogens with one attached hydrogen (secondary N) is 4. The lowest BCUT2D eigenvalue weighted by molar-refractivity contribution is -0.127. The zero-order valence-corrected chi connectivity index (χ0v) is 25.7. The van der Waals surface area contributed by atoms with Gasteiger partial charge < -0.3 is 26.0 Å². The molecule has 0 aliphatic carbocycles. The zero-order chi connectivity index (χ0) is 30.3. The highest BCUT2D eigenvalue weighted by Gasteiger charge is 2.19. The molecule has 0 heterocycles. The molecule has 8 heteroatoms. The van der Waals surface area contributed by atoms with E-state index in [0.29, 0.717) is 43.9 Å². The molecule has 0 radical (unpaired) electrons. The first-order chi connectivity index (χ1) is 20.5. The van der Waals surface area contributed by atoms with Crippen molar-refractivity contribution in [3.63, 3.8) is 0 Å². The van der Waals surface area contributed by atoms with Gasteiger partial charge in [0.15, 0.2) is 6.17 Å². The van der Waals surface area contributed by atoms with Crippen molar-refractivity contribution in [2.24, 2.45) is 0 Å². The molecule has 2 aromatic rings. The summed E-state index contributed by atoms with van der Waals surface area (Å²) >= 11 is 0. The fraction of sp³-hybridized carbons (Fsp3) is 0.559. The number of carbonyl (C=O) groups is 3. The Morgan fingerprint density at radius 3 is 2.02 bits per heavy atom. The van der Waals surface area contributed by atoms with E-state index >= 15 is 0 Å². The van der Waals surface area contributed by atoms with Crippen LogP contribution in [0.2, 0.25) is 0 Å². The van der Waals surface area contributed by atoms with Gasteiger partial charge in [-0.2, -0.15) is 0 Å². The van der Waals surface area contributed by atoms with Crippen LogP contribution in [-0.4, -0.2) is 43.6 Å². The van der Waals surface area contributed by atoms with Gasteiger partial charge in [-0.1, -0.05) is 95.0 Å². The van der Waals surface area contributed by atoms with E-state index in [4.69, 9.17) is 4.74 Å². The van der Waals surface area contributed by atoms with Crippen LogP contribution in [0.3, 0.4) is 0 Å². The normalized spacial score (nSPS) is 11.4. The van der Waals surface area contributed by atoms with Crippen LogP contribution < -0.4 is 26.0 Å². The number of hydrogen-bond acceptors (Lipinski definition) is 5. The quantitative estimate of drug-likeness (QED) is 0.0936. The van der Waals surface area contributed by atoms with Crippen molar-refractivity contribution in [2.45, 2.75) is 103 Å². The van der Waals surface area contributed by atoms with Crippen molar-refractivity contribution in [1.82, 2.24) is 16.0 Å². The minimum atomic E-state index is -0.899. The monoisotopic (exact) mass is 580 g/mol. The van der Waals surface area contributed by atoms with E-state index in [1.807, 2.05) is 30.3 Å². The SMILES string of the molecule is CCCCCCCCCCCCNC(=O)CCCOc1ccc(NC(NC(C)=O)C(=O)NCCc2ccccc2)cc1. The lowest BCUT2D eigenvalue weighted by Crippen LogP contribution is -2.51. The summed E-state index contributed by atoms with van der Waals surface area (Å²) in [7, 11) is 0. The van der Waals surface area contributed by atoms with Gasteiger partial charge in [-0.3, -0.25) is 14.4 Å². The Balaban J connectivity index is 1.57. The predicted octanol–water partition coefficient (Wildman–Crippen LogP) is 6.12. The first-order valence-corrected chi connectivity index (χ1v) is 15.8. The average Bonchev–Trinajstić information content (AvgIpc) is 2.99. The van der Waals surface area contributed by atoms with Crippen molar-refractivity contribution in [1.29, 1.82) is 0 Å². The maximum Gasteiger partial charge on any atom is 0.263 e. The van der Waals surface area contributed by atoms with E-state index in [9.17, 15) is 14.4 Å². The third kappa shape index (κ3) is 16.7. The van der Waals surface area contributed by atoms with Crippen LogP contribution in [0.25, 0.3) is 0 Å². The summed E-state index contributed by atoms with van der Waals surface area (Å²) in [6, 6.07) is 17.1. The van der Waals surface area contributed by atoms with Crippen LogP contribution in [0.1, 0.15) is 96.5 Å². The Kier molecular flexibility index (Phi) is 18.2. The van der Waals surface area contributed by atoms with Crippen molar-refractivity contribution in [2.75, 3.05) is 25.0 Å². The topological polar surface area (TPSA) is 109 Å². The molecular weight excluding hydrogens is 528 g/mol. The number of ether oxygens (including phenoxy) is 1. The fourth-order valence-electron chi connectivity index (χ4n) is 4.61. The molecule has 0 saturated carbocycles. The summed E-state index contributed by atoms with van der Waals surface area (Å²) in [5, 5.41) is 11.6. The summed E-state index contributed by atoms with van der Waals surface area (Å²) in [6.45, 7) is 5.27. The zero-order valence-electron chi connectivity index (χ0n) is 25.7. The second kappa shape index (κ2) is 22.1. The number of hydrogen-bond donors (Lipinski definition) is 4. The van der Waals surface area contributed by atoms with Gasteiger partial charge in [0, 0.05) is 32.1 Å². The second-order valence-electron chi connectivity index (χ2n) is 10.8. The molecule has 42 heavy (non-hydrogen) atoms.